The minimum absolute atomic E-state index is 0.0940. The number of allylic oxidation sites excluding steroid dienone is 16. The van der Waals surface area contributed by atoms with E-state index in [1.165, 1.54) is 122 Å². The molecule has 0 radical (unpaired) electrons. The van der Waals surface area contributed by atoms with Crippen LogP contribution in [0.5, 0.6) is 0 Å². The Hall–Kier alpha value is -3.67. The van der Waals surface area contributed by atoms with Crippen LogP contribution in [0.2, 0.25) is 0 Å². The van der Waals surface area contributed by atoms with E-state index >= 15 is 0 Å². The molecule has 0 N–H and O–H groups in total. The van der Waals surface area contributed by atoms with E-state index in [-0.39, 0.29) is 31.1 Å². The number of hydrogen-bond acceptors (Lipinski definition) is 6. The van der Waals surface area contributed by atoms with E-state index in [9.17, 15) is 14.4 Å². The second-order valence-corrected chi connectivity index (χ2v) is 18.6. The lowest BCUT2D eigenvalue weighted by atomic mass is 10.1. The minimum atomic E-state index is -0.796. The molecule has 0 aromatic rings. The Morgan fingerprint density at radius 3 is 0.971 bits per heavy atom. The number of carbonyl (C=O) groups excluding carboxylic acids is 3. The summed E-state index contributed by atoms with van der Waals surface area (Å²) in [6, 6.07) is 0. The fourth-order valence-electron chi connectivity index (χ4n) is 7.68. The fraction of sp³-hybridized carbons (Fsp3) is 0.694. The summed E-state index contributed by atoms with van der Waals surface area (Å²) in [5, 5.41) is 0. The molecule has 6 heteroatoms. The van der Waals surface area contributed by atoms with Gasteiger partial charge in [0, 0.05) is 19.3 Å². The van der Waals surface area contributed by atoms with Gasteiger partial charge in [-0.3, -0.25) is 14.4 Å². The third-order valence-corrected chi connectivity index (χ3v) is 11.9. The fourth-order valence-corrected chi connectivity index (χ4v) is 7.68. The third kappa shape index (κ3) is 53.3. The molecule has 0 aliphatic rings. The maximum Gasteiger partial charge on any atom is 0.306 e. The summed E-state index contributed by atoms with van der Waals surface area (Å²) in [6.07, 6.45) is 73.8. The molecule has 0 amide bonds. The van der Waals surface area contributed by atoms with Gasteiger partial charge in [-0.05, 0) is 89.9 Å². The highest BCUT2D eigenvalue weighted by atomic mass is 16.6. The molecule has 0 fully saturated rings. The molecule has 0 aromatic carbocycles. The van der Waals surface area contributed by atoms with E-state index < -0.39 is 6.10 Å². The smallest absolute Gasteiger partial charge is 0.306 e. The van der Waals surface area contributed by atoms with Gasteiger partial charge < -0.3 is 14.2 Å². The summed E-state index contributed by atoms with van der Waals surface area (Å²) in [5.74, 6) is -0.930. The molecule has 0 heterocycles. The van der Waals surface area contributed by atoms with Crippen molar-refractivity contribution in [3.8, 4) is 0 Å². The molecule has 1 unspecified atom stereocenters. The predicted octanol–water partition coefficient (Wildman–Crippen LogP) is 18.9. The zero-order valence-electron chi connectivity index (χ0n) is 44.3. The predicted molar refractivity (Wildman–Crippen MR) is 293 cm³/mol. The first-order valence-corrected chi connectivity index (χ1v) is 28.3. The van der Waals surface area contributed by atoms with Gasteiger partial charge in [0.05, 0.1) is 0 Å². The van der Waals surface area contributed by atoms with Crippen molar-refractivity contribution >= 4 is 17.9 Å². The SMILES string of the molecule is CC\C=C/C=C\C=C/CCCCCCCCCC(=O)OCC(COC(=O)CCCCCCC\C=C/C=C\C=C/C=C\CCCCC)OC(=O)CCCCCCCCC/C=C\CCCCCCCC. The molecule has 6 nitrogen and oxygen atoms in total. The van der Waals surface area contributed by atoms with Gasteiger partial charge in [0.15, 0.2) is 6.10 Å². The third-order valence-electron chi connectivity index (χ3n) is 11.9. The monoisotopic (exact) mass is 945 g/mol. The van der Waals surface area contributed by atoms with Gasteiger partial charge >= 0.3 is 17.9 Å². The van der Waals surface area contributed by atoms with E-state index in [1.807, 2.05) is 0 Å². The van der Waals surface area contributed by atoms with Crippen LogP contribution in [0, 0.1) is 0 Å². The van der Waals surface area contributed by atoms with Crippen molar-refractivity contribution in [2.45, 2.75) is 264 Å². The van der Waals surface area contributed by atoms with Crippen LogP contribution in [-0.4, -0.2) is 37.2 Å². The normalized spacial score (nSPS) is 12.8. The Labute approximate surface area is 419 Å². The first kappa shape index (κ1) is 64.3. The van der Waals surface area contributed by atoms with E-state index in [0.29, 0.717) is 19.3 Å². The van der Waals surface area contributed by atoms with Crippen molar-refractivity contribution in [1.29, 1.82) is 0 Å². The van der Waals surface area contributed by atoms with Crippen molar-refractivity contribution < 1.29 is 28.6 Å². The molecular weight excluding hydrogens is 841 g/mol. The van der Waals surface area contributed by atoms with E-state index in [4.69, 9.17) is 14.2 Å². The molecular formula is C62H104O6. The van der Waals surface area contributed by atoms with Crippen LogP contribution in [-0.2, 0) is 28.6 Å². The van der Waals surface area contributed by atoms with Crippen LogP contribution < -0.4 is 0 Å². The maximum atomic E-state index is 12.9. The summed E-state index contributed by atoms with van der Waals surface area (Å²) < 4.78 is 16.8. The Morgan fingerprint density at radius 1 is 0.309 bits per heavy atom. The second-order valence-electron chi connectivity index (χ2n) is 18.6. The molecule has 0 spiro atoms. The largest absolute Gasteiger partial charge is 0.462 e. The quantitative estimate of drug-likeness (QED) is 0.0199. The van der Waals surface area contributed by atoms with Crippen molar-refractivity contribution in [3.05, 3.63) is 97.2 Å². The molecule has 0 saturated heterocycles. The average Bonchev–Trinajstić information content (AvgIpc) is 3.34. The molecule has 0 rings (SSSR count). The van der Waals surface area contributed by atoms with Crippen LogP contribution >= 0.6 is 0 Å². The van der Waals surface area contributed by atoms with Crippen molar-refractivity contribution in [3.63, 3.8) is 0 Å². The van der Waals surface area contributed by atoms with E-state index in [0.717, 1.165) is 96.3 Å². The van der Waals surface area contributed by atoms with Crippen molar-refractivity contribution in [2.75, 3.05) is 13.2 Å². The Balaban J connectivity index is 4.46. The highest BCUT2D eigenvalue weighted by molar-refractivity contribution is 5.71. The van der Waals surface area contributed by atoms with Crippen LogP contribution in [0.4, 0.5) is 0 Å². The number of rotatable bonds is 50. The lowest BCUT2D eigenvalue weighted by molar-refractivity contribution is -0.167. The standard InChI is InChI=1S/C62H104O6/c1-4-7-10-13-16-19-22-25-28-30-32-34-37-40-43-46-49-52-55-61(64)67-58-59(57-66-60(63)54-51-48-45-42-39-36-33-27-24-21-18-15-12-9-6-3)68-62(65)56-53-50-47-44-41-38-35-31-29-26-23-20-17-14-11-8-5-2/h9,12,15-16,18-19,21-22,24-26,28-30,32,34,59H,4-8,10-11,13-14,17,20,23,27,31,33,35-58H2,1-3H3/b12-9-,18-15-,19-16-,24-21-,25-22-,29-26-,30-28-,34-32-. The average molecular weight is 946 g/mol. The van der Waals surface area contributed by atoms with E-state index in [1.54, 1.807) is 0 Å². The summed E-state index contributed by atoms with van der Waals surface area (Å²) in [5.41, 5.74) is 0. The maximum absolute atomic E-state index is 12.9. The highest BCUT2D eigenvalue weighted by Crippen LogP contribution is 2.15. The molecule has 68 heavy (non-hydrogen) atoms. The Bertz CT molecular complexity index is 1360. The van der Waals surface area contributed by atoms with Crippen LogP contribution in [0.15, 0.2) is 97.2 Å². The number of esters is 3. The van der Waals surface area contributed by atoms with Crippen molar-refractivity contribution in [2.24, 2.45) is 0 Å². The molecule has 0 saturated carbocycles. The van der Waals surface area contributed by atoms with Gasteiger partial charge in [-0.1, -0.05) is 246 Å². The molecule has 0 aliphatic carbocycles. The molecule has 1 atom stereocenters. The topological polar surface area (TPSA) is 78.9 Å². The zero-order chi connectivity index (χ0) is 49.3. The Morgan fingerprint density at radius 2 is 0.588 bits per heavy atom. The first-order chi connectivity index (χ1) is 33.5. The van der Waals surface area contributed by atoms with Gasteiger partial charge in [0.2, 0.25) is 0 Å². The molecule has 0 bridgehead atoms. The van der Waals surface area contributed by atoms with Crippen LogP contribution in [0.3, 0.4) is 0 Å². The van der Waals surface area contributed by atoms with E-state index in [2.05, 4.69) is 118 Å². The molecule has 388 valence electrons. The summed E-state index contributed by atoms with van der Waals surface area (Å²) in [7, 11) is 0. The number of unbranched alkanes of at least 4 members (excludes halogenated alkanes) is 28. The van der Waals surface area contributed by atoms with Gasteiger partial charge in [0.25, 0.3) is 0 Å². The summed E-state index contributed by atoms with van der Waals surface area (Å²) >= 11 is 0. The number of ether oxygens (including phenoxy) is 3. The van der Waals surface area contributed by atoms with Crippen molar-refractivity contribution in [1.82, 2.24) is 0 Å². The minimum Gasteiger partial charge on any atom is -0.462 e. The van der Waals surface area contributed by atoms with Gasteiger partial charge in [-0.15, -0.1) is 0 Å². The van der Waals surface area contributed by atoms with Crippen LogP contribution in [0.1, 0.15) is 258 Å². The zero-order valence-corrected chi connectivity index (χ0v) is 44.3. The second kappa shape index (κ2) is 55.9. The number of carbonyl (C=O) groups is 3. The Kier molecular flexibility index (Phi) is 52.9. The van der Waals surface area contributed by atoms with Gasteiger partial charge in [0.1, 0.15) is 13.2 Å². The lowest BCUT2D eigenvalue weighted by Crippen LogP contribution is -2.30. The van der Waals surface area contributed by atoms with Gasteiger partial charge in [-0.2, -0.15) is 0 Å². The summed E-state index contributed by atoms with van der Waals surface area (Å²) in [4.78, 5) is 38.2. The van der Waals surface area contributed by atoms with Crippen LogP contribution in [0.25, 0.3) is 0 Å². The van der Waals surface area contributed by atoms with Gasteiger partial charge in [-0.25, -0.2) is 0 Å². The molecule has 0 aromatic heterocycles. The lowest BCUT2D eigenvalue weighted by Gasteiger charge is -2.18. The molecule has 0 aliphatic heterocycles. The highest BCUT2D eigenvalue weighted by Gasteiger charge is 2.19. The first-order valence-electron chi connectivity index (χ1n) is 28.3. The number of hydrogen-bond donors (Lipinski definition) is 0. The summed E-state index contributed by atoms with van der Waals surface area (Å²) in [6.45, 7) is 6.44.